The van der Waals surface area contributed by atoms with Crippen LogP contribution in [0.5, 0.6) is 0 Å². The predicted octanol–water partition coefficient (Wildman–Crippen LogP) is -1.09. The molecule has 0 radical (unpaired) electrons. The third-order valence-corrected chi connectivity index (χ3v) is 3.05. The van der Waals surface area contributed by atoms with Crippen molar-refractivity contribution in [3.05, 3.63) is 0 Å². The van der Waals surface area contributed by atoms with Gasteiger partial charge in [0.05, 0.1) is 6.54 Å². The highest BCUT2D eigenvalue weighted by Gasteiger charge is 2.19. The Labute approximate surface area is 83.8 Å². The maximum absolute atomic E-state index is 11.4. The number of nitrogens with zero attached hydrogens (tertiary/aromatic N) is 2. The van der Waals surface area contributed by atoms with Crippen LogP contribution in [0, 0.1) is 0 Å². The van der Waals surface area contributed by atoms with Crippen LogP contribution in [0.3, 0.4) is 0 Å². The first-order valence-corrected chi connectivity index (χ1v) is 5.57. The first-order valence-electron chi connectivity index (χ1n) is 4.13. The summed E-state index contributed by atoms with van der Waals surface area (Å²) in [6, 6.07) is 0. The molecule has 0 aliphatic heterocycles. The molecule has 4 N–H and O–H groups in total. The van der Waals surface area contributed by atoms with Gasteiger partial charge in [-0.15, -0.1) is 0 Å². The van der Waals surface area contributed by atoms with Crippen LogP contribution in [0.25, 0.3) is 0 Å². The number of nitrogens with two attached hydrogens (primary N) is 1. The van der Waals surface area contributed by atoms with Crippen molar-refractivity contribution in [3.8, 4) is 0 Å². The van der Waals surface area contributed by atoms with Gasteiger partial charge in [-0.1, -0.05) is 12.1 Å². The summed E-state index contributed by atoms with van der Waals surface area (Å²) in [5, 5.41) is 11.0. The number of hydrogen-bond acceptors (Lipinski definition) is 4. The highest BCUT2D eigenvalue weighted by Crippen LogP contribution is 1.98. The summed E-state index contributed by atoms with van der Waals surface area (Å²) in [4.78, 5) is 0. The van der Waals surface area contributed by atoms with Gasteiger partial charge < -0.3 is 10.9 Å². The van der Waals surface area contributed by atoms with E-state index in [2.05, 4.69) is 9.88 Å². The fraction of sp³-hybridized carbons (Fsp3) is 0.833. The summed E-state index contributed by atoms with van der Waals surface area (Å²) in [6.45, 7) is 2.04. The first kappa shape index (κ1) is 13.1. The van der Waals surface area contributed by atoms with Crippen LogP contribution in [-0.2, 0) is 10.2 Å². The van der Waals surface area contributed by atoms with E-state index in [9.17, 15) is 8.42 Å². The molecule has 84 valence electrons. The van der Waals surface area contributed by atoms with E-state index in [4.69, 9.17) is 10.9 Å². The van der Waals surface area contributed by atoms with E-state index in [1.54, 1.807) is 0 Å². The van der Waals surface area contributed by atoms with Crippen molar-refractivity contribution in [2.75, 3.05) is 20.1 Å². The molecule has 7 nitrogen and oxygen atoms in total. The number of rotatable bonds is 6. The van der Waals surface area contributed by atoms with E-state index in [0.717, 1.165) is 4.31 Å². The molecule has 0 aromatic rings. The zero-order chi connectivity index (χ0) is 11.2. The maximum atomic E-state index is 11.4. The minimum Gasteiger partial charge on any atom is -0.409 e. The first-order chi connectivity index (χ1) is 6.47. The monoisotopic (exact) mass is 224 g/mol. The Bertz CT molecular complexity index is 287. The molecule has 14 heavy (non-hydrogen) atoms. The molecule has 0 rings (SSSR count). The number of hydrogen-bond donors (Lipinski definition) is 3. The van der Waals surface area contributed by atoms with Crippen molar-refractivity contribution in [3.63, 3.8) is 0 Å². The Kier molecular flexibility index (Phi) is 5.43. The van der Waals surface area contributed by atoms with Crippen LogP contribution in [0.2, 0.25) is 0 Å². The second kappa shape index (κ2) is 5.78. The molecular weight excluding hydrogens is 208 g/mol. The summed E-state index contributed by atoms with van der Waals surface area (Å²) in [5.74, 6) is -0.141. The van der Waals surface area contributed by atoms with Crippen LogP contribution in [0.15, 0.2) is 5.16 Å². The van der Waals surface area contributed by atoms with E-state index < -0.39 is 10.2 Å². The minimum atomic E-state index is -3.52. The van der Waals surface area contributed by atoms with Crippen molar-refractivity contribution < 1.29 is 13.6 Å². The Hall–Kier alpha value is -0.860. The van der Waals surface area contributed by atoms with Gasteiger partial charge in [0.15, 0.2) is 5.84 Å². The summed E-state index contributed by atoms with van der Waals surface area (Å²) < 4.78 is 26.0. The second-order valence-electron chi connectivity index (χ2n) is 2.63. The predicted molar refractivity (Wildman–Crippen MR) is 53.3 cm³/mol. The van der Waals surface area contributed by atoms with Crippen molar-refractivity contribution in [1.29, 1.82) is 0 Å². The Morgan fingerprint density at radius 3 is 2.57 bits per heavy atom. The minimum absolute atomic E-state index is 0.118. The molecule has 8 heteroatoms. The standard InChI is InChI=1S/C6H16N4O3S/c1-3-4-10(5-6(7)9-11)14(12,13)8-2/h8,11H,3-5H2,1-2H3,(H2,7,9). The molecule has 0 fully saturated rings. The van der Waals surface area contributed by atoms with Crippen molar-refractivity contribution >= 4 is 16.0 Å². The lowest BCUT2D eigenvalue weighted by Crippen LogP contribution is -2.44. The second-order valence-corrected chi connectivity index (χ2v) is 4.51. The largest absolute Gasteiger partial charge is 0.409 e. The lowest BCUT2D eigenvalue weighted by Gasteiger charge is -2.19. The Balaban J connectivity index is 4.61. The van der Waals surface area contributed by atoms with Crippen molar-refractivity contribution in [2.45, 2.75) is 13.3 Å². The lowest BCUT2D eigenvalue weighted by molar-refractivity contribution is 0.314. The molecule has 0 spiro atoms. The lowest BCUT2D eigenvalue weighted by atomic mass is 10.4. The van der Waals surface area contributed by atoms with Gasteiger partial charge in [0.1, 0.15) is 0 Å². The molecule has 0 aromatic carbocycles. The molecule has 0 aliphatic carbocycles. The van der Waals surface area contributed by atoms with Gasteiger partial charge in [-0.05, 0) is 6.42 Å². The molecule has 0 aliphatic rings. The zero-order valence-electron chi connectivity index (χ0n) is 8.27. The molecule has 0 unspecified atom stereocenters. The van der Waals surface area contributed by atoms with Crippen molar-refractivity contribution in [1.82, 2.24) is 9.03 Å². The van der Waals surface area contributed by atoms with E-state index in [1.807, 2.05) is 6.92 Å². The SMILES string of the molecule is CCCN(CC(N)=NO)S(=O)(=O)NC. The van der Waals surface area contributed by atoms with Gasteiger partial charge in [-0.3, -0.25) is 0 Å². The average molecular weight is 224 g/mol. The van der Waals surface area contributed by atoms with Crippen molar-refractivity contribution in [2.24, 2.45) is 10.9 Å². The van der Waals surface area contributed by atoms with E-state index in [1.165, 1.54) is 7.05 Å². The van der Waals surface area contributed by atoms with Crippen LogP contribution in [0.4, 0.5) is 0 Å². The molecule has 0 saturated carbocycles. The van der Waals surface area contributed by atoms with Gasteiger partial charge in [-0.25, -0.2) is 4.72 Å². The normalized spacial score (nSPS) is 13.5. The Morgan fingerprint density at radius 2 is 2.21 bits per heavy atom. The number of nitrogens with one attached hydrogen (secondary N) is 1. The fourth-order valence-electron chi connectivity index (χ4n) is 0.875. The van der Waals surface area contributed by atoms with Gasteiger partial charge in [0, 0.05) is 13.6 Å². The molecule has 0 aromatic heterocycles. The fourth-order valence-corrected chi connectivity index (χ4v) is 1.86. The van der Waals surface area contributed by atoms with Crippen LogP contribution in [-0.4, -0.2) is 43.9 Å². The average Bonchev–Trinajstić information content (AvgIpc) is 2.17. The zero-order valence-corrected chi connectivity index (χ0v) is 9.08. The van der Waals surface area contributed by atoms with E-state index >= 15 is 0 Å². The highest BCUT2D eigenvalue weighted by atomic mass is 32.2. The smallest absolute Gasteiger partial charge is 0.279 e. The number of oxime groups is 1. The third-order valence-electron chi connectivity index (χ3n) is 1.54. The van der Waals surface area contributed by atoms with Gasteiger partial charge in [0.25, 0.3) is 10.2 Å². The maximum Gasteiger partial charge on any atom is 0.279 e. The van der Waals surface area contributed by atoms with E-state index in [-0.39, 0.29) is 12.4 Å². The van der Waals surface area contributed by atoms with Crippen LogP contribution < -0.4 is 10.5 Å². The van der Waals surface area contributed by atoms with Crippen LogP contribution >= 0.6 is 0 Å². The quantitative estimate of drug-likeness (QED) is 0.230. The van der Waals surface area contributed by atoms with Gasteiger partial charge in [-0.2, -0.15) is 12.7 Å². The molecule has 0 heterocycles. The summed E-state index contributed by atoms with van der Waals surface area (Å²) in [6.07, 6.45) is 0.652. The highest BCUT2D eigenvalue weighted by molar-refractivity contribution is 7.87. The van der Waals surface area contributed by atoms with Gasteiger partial charge in [0.2, 0.25) is 0 Å². The molecule has 0 bridgehead atoms. The number of amidine groups is 1. The summed E-state index contributed by atoms with van der Waals surface area (Å²) in [7, 11) is -2.21. The summed E-state index contributed by atoms with van der Waals surface area (Å²) in [5.41, 5.74) is 5.22. The molecule has 0 saturated heterocycles. The topological polar surface area (TPSA) is 108 Å². The third kappa shape index (κ3) is 3.90. The van der Waals surface area contributed by atoms with E-state index in [0.29, 0.717) is 13.0 Å². The molecular formula is C6H16N4O3S. The summed E-state index contributed by atoms with van der Waals surface area (Å²) >= 11 is 0. The van der Waals surface area contributed by atoms with Gasteiger partial charge >= 0.3 is 0 Å². The Morgan fingerprint density at radius 1 is 1.64 bits per heavy atom. The molecule has 0 amide bonds. The van der Waals surface area contributed by atoms with Crippen LogP contribution in [0.1, 0.15) is 13.3 Å². The molecule has 0 atom stereocenters.